The van der Waals surface area contributed by atoms with Crippen molar-refractivity contribution in [3.8, 4) is 0 Å². The zero-order chi connectivity index (χ0) is 14.5. The fourth-order valence-corrected chi connectivity index (χ4v) is 1.97. The minimum atomic E-state index is -0.442. The van der Waals surface area contributed by atoms with Crippen LogP contribution in [0.1, 0.15) is 19.4 Å². The van der Waals surface area contributed by atoms with Gasteiger partial charge in [0.1, 0.15) is 0 Å². The van der Waals surface area contributed by atoms with Gasteiger partial charge in [0.2, 0.25) is 5.82 Å². The molecule has 0 unspecified atom stereocenters. The number of nitrogens with one attached hydrogen (secondary N) is 1. The maximum absolute atomic E-state index is 10.9. The van der Waals surface area contributed by atoms with Crippen molar-refractivity contribution in [2.45, 2.75) is 20.3 Å². The van der Waals surface area contributed by atoms with Gasteiger partial charge in [0.25, 0.3) is 0 Å². The summed E-state index contributed by atoms with van der Waals surface area (Å²) in [5.41, 5.74) is 2.01. The molecule has 0 atom stereocenters. The first-order chi connectivity index (χ1) is 9.56. The molecule has 0 saturated heterocycles. The van der Waals surface area contributed by atoms with Gasteiger partial charge in [-0.15, -0.1) is 0 Å². The topological polar surface area (TPSA) is 68.1 Å². The van der Waals surface area contributed by atoms with Gasteiger partial charge >= 0.3 is 5.69 Å². The van der Waals surface area contributed by atoms with Crippen LogP contribution in [0.2, 0.25) is 0 Å². The maximum Gasteiger partial charge on any atom is 0.311 e. The SMILES string of the molecule is CC(C)Cc1ccc(Nc2ncccc2[N+](=O)[O-])cc1. The Labute approximate surface area is 117 Å². The molecule has 1 aromatic carbocycles. The summed E-state index contributed by atoms with van der Waals surface area (Å²) in [6.07, 6.45) is 2.55. The van der Waals surface area contributed by atoms with Crippen LogP contribution >= 0.6 is 0 Å². The van der Waals surface area contributed by atoms with Gasteiger partial charge in [-0.1, -0.05) is 26.0 Å². The summed E-state index contributed by atoms with van der Waals surface area (Å²) < 4.78 is 0. The lowest BCUT2D eigenvalue weighted by Gasteiger charge is -2.08. The average Bonchev–Trinajstić information content (AvgIpc) is 2.41. The molecule has 0 radical (unpaired) electrons. The molecule has 0 spiro atoms. The van der Waals surface area contributed by atoms with E-state index in [0.29, 0.717) is 5.92 Å². The van der Waals surface area contributed by atoms with Crippen LogP contribution in [0.5, 0.6) is 0 Å². The highest BCUT2D eigenvalue weighted by Gasteiger charge is 2.13. The minimum absolute atomic E-state index is 0.0289. The highest BCUT2D eigenvalue weighted by Crippen LogP contribution is 2.24. The third-order valence-corrected chi connectivity index (χ3v) is 2.84. The van der Waals surface area contributed by atoms with Crippen LogP contribution in [0.15, 0.2) is 42.6 Å². The lowest BCUT2D eigenvalue weighted by molar-refractivity contribution is -0.384. The molecule has 1 aromatic heterocycles. The van der Waals surface area contributed by atoms with Crippen LogP contribution in [0.3, 0.4) is 0 Å². The molecule has 1 N–H and O–H groups in total. The molecule has 5 heteroatoms. The number of aromatic nitrogens is 1. The van der Waals surface area contributed by atoms with E-state index in [-0.39, 0.29) is 11.5 Å². The molecule has 0 bridgehead atoms. The first-order valence-electron chi connectivity index (χ1n) is 6.51. The molecule has 0 fully saturated rings. The standard InChI is InChI=1S/C15H17N3O2/c1-11(2)10-12-5-7-13(8-6-12)17-15-14(18(19)20)4-3-9-16-15/h3-9,11H,10H2,1-2H3,(H,16,17). The Morgan fingerprint density at radius 3 is 2.55 bits per heavy atom. The van der Waals surface area contributed by atoms with Crippen molar-refractivity contribution in [2.24, 2.45) is 5.92 Å². The molecular formula is C15H17N3O2. The number of nitro groups is 1. The van der Waals surface area contributed by atoms with E-state index < -0.39 is 4.92 Å². The quantitative estimate of drug-likeness (QED) is 0.660. The zero-order valence-electron chi connectivity index (χ0n) is 11.5. The number of pyridine rings is 1. The van der Waals surface area contributed by atoms with Crippen LogP contribution in [0.4, 0.5) is 17.2 Å². The fraction of sp³-hybridized carbons (Fsp3) is 0.267. The number of rotatable bonds is 5. The summed E-state index contributed by atoms with van der Waals surface area (Å²) in [6, 6.07) is 10.9. The molecule has 1 heterocycles. The van der Waals surface area contributed by atoms with Gasteiger partial charge in [0, 0.05) is 18.0 Å². The second kappa shape index (κ2) is 6.14. The van der Waals surface area contributed by atoms with Crippen molar-refractivity contribution in [1.82, 2.24) is 4.98 Å². The van der Waals surface area contributed by atoms with E-state index >= 15 is 0 Å². The molecule has 20 heavy (non-hydrogen) atoms. The van der Waals surface area contributed by atoms with Gasteiger partial charge in [0.05, 0.1) is 4.92 Å². The van der Waals surface area contributed by atoms with E-state index in [4.69, 9.17) is 0 Å². The Bertz CT molecular complexity index is 594. The molecular weight excluding hydrogens is 254 g/mol. The summed E-state index contributed by atoms with van der Waals surface area (Å²) in [7, 11) is 0. The van der Waals surface area contributed by atoms with E-state index in [2.05, 4.69) is 24.1 Å². The largest absolute Gasteiger partial charge is 0.334 e. The molecule has 0 aliphatic carbocycles. The maximum atomic E-state index is 10.9. The smallest absolute Gasteiger partial charge is 0.311 e. The Hall–Kier alpha value is -2.43. The van der Waals surface area contributed by atoms with Crippen LogP contribution < -0.4 is 5.32 Å². The van der Waals surface area contributed by atoms with Crippen LogP contribution in [-0.4, -0.2) is 9.91 Å². The van der Waals surface area contributed by atoms with Crippen molar-refractivity contribution in [3.05, 3.63) is 58.3 Å². The van der Waals surface area contributed by atoms with Crippen molar-refractivity contribution in [3.63, 3.8) is 0 Å². The second-order valence-corrected chi connectivity index (χ2v) is 5.05. The predicted molar refractivity (Wildman–Crippen MR) is 79.2 cm³/mol. The monoisotopic (exact) mass is 271 g/mol. The third-order valence-electron chi connectivity index (χ3n) is 2.84. The van der Waals surface area contributed by atoms with E-state index in [1.807, 2.05) is 24.3 Å². The Kier molecular flexibility index (Phi) is 4.30. The van der Waals surface area contributed by atoms with Gasteiger partial charge in [-0.05, 0) is 36.1 Å². The van der Waals surface area contributed by atoms with Crippen LogP contribution in [0.25, 0.3) is 0 Å². The normalized spacial score (nSPS) is 10.6. The number of anilines is 2. The predicted octanol–water partition coefficient (Wildman–Crippen LogP) is 3.93. The van der Waals surface area contributed by atoms with Crippen molar-refractivity contribution >= 4 is 17.2 Å². The summed E-state index contributed by atoms with van der Waals surface area (Å²) in [5.74, 6) is 0.861. The summed E-state index contributed by atoms with van der Waals surface area (Å²) in [5, 5.41) is 13.9. The third kappa shape index (κ3) is 3.54. The molecule has 0 aliphatic rings. The molecule has 104 valence electrons. The Morgan fingerprint density at radius 2 is 1.95 bits per heavy atom. The van der Waals surface area contributed by atoms with Crippen LogP contribution in [0, 0.1) is 16.0 Å². The number of hydrogen-bond acceptors (Lipinski definition) is 4. The molecule has 2 rings (SSSR count). The first kappa shape index (κ1) is 14.0. The summed E-state index contributed by atoms with van der Waals surface area (Å²) in [4.78, 5) is 14.5. The molecule has 0 amide bonds. The van der Waals surface area contributed by atoms with E-state index in [9.17, 15) is 10.1 Å². The number of nitrogens with zero attached hydrogens (tertiary/aromatic N) is 2. The number of hydrogen-bond donors (Lipinski definition) is 1. The van der Waals surface area contributed by atoms with Crippen LogP contribution in [-0.2, 0) is 6.42 Å². The van der Waals surface area contributed by atoms with Crippen molar-refractivity contribution < 1.29 is 4.92 Å². The summed E-state index contributed by atoms with van der Waals surface area (Å²) >= 11 is 0. The Balaban J connectivity index is 2.16. The molecule has 0 saturated carbocycles. The van der Waals surface area contributed by atoms with Gasteiger partial charge < -0.3 is 5.32 Å². The van der Waals surface area contributed by atoms with E-state index in [0.717, 1.165) is 12.1 Å². The van der Waals surface area contributed by atoms with Gasteiger partial charge in [-0.3, -0.25) is 10.1 Å². The van der Waals surface area contributed by atoms with Gasteiger partial charge in [-0.25, -0.2) is 4.98 Å². The second-order valence-electron chi connectivity index (χ2n) is 5.05. The molecule has 2 aromatic rings. The van der Waals surface area contributed by atoms with Crippen molar-refractivity contribution in [2.75, 3.05) is 5.32 Å². The van der Waals surface area contributed by atoms with Gasteiger partial charge in [-0.2, -0.15) is 0 Å². The highest BCUT2D eigenvalue weighted by molar-refractivity contribution is 5.65. The van der Waals surface area contributed by atoms with Crippen molar-refractivity contribution in [1.29, 1.82) is 0 Å². The average molecular weight is 271 g/mol. The highest BCUT2D eigenvalue weighted by atomic mass is 16.6. The molecule has 5 nitrogen and oxygen atoms in total. The number of benzene rings is 1. The minimum Gasteiger partial charge on any atom is -0.334 e. The van der Waals surface area contributed by atoms with E-state index in [1.54, 1.807) is 6.07 Å². The summed E-state index contributed by atoms with van der Waals surface area (Å²) in [6.45, 7) is 4.34. The Morgan fingerprint density at radius 1 is 1.25 bits per heavy atom. The first-order valence-corrected chi connectivity index (χ1v) is 6.51. The molecule has 0 aliphatic heterocycles. The van der Waals surface area contributed by atoms with Gasteiger partial charge in [0.15, 0.2) is 0 Å². The lowest BCUT2D eigenvalue weighted by Crippen LogP contribution is -1.99. The fourth-order valence-electron chi connectivity index (χ4n) is 1.97. The zero-order valence-corrected chi connectivity index (χ0v) is 11.5. The van der Waals surface area contributed by atoms with E-state index in [1.165, 1.54) is 17.8 Å². The lowest BCUT2D eigenvalue weighted by atomic mass is 10.0.